The molecule has 0 amide bonds. The van der Waals surface area contributed by atoms with Crippen molar-refractivity contribution in [1.29, 1.82) is 0 Å². The van der Waals surface area contributed by atoms with Gasteiger partial charge >= 0.3 is 0 Å². The summed E-state index contributed by atoms with van der Waals surface area (Å²) in [5.41, 5.74) is 1.12. The highest BCUT2D eigenvalue weighted by Crippen LogP contribution is 2.10. The van der Waals surface area contributed by atoms with Gasteiger partial charge in [-0.15, -0.1) is 11.3 Å². The van der Waals surface area contributed by atoms with Crippen molar-refractivity contribution in [1.82, 2.24) is 10.3 Å². The van der Waals surface area contributed by atoms with Gasteiger partial charge in [0.2, 0.25) is 0 Å². The van der Waals surface area contributed by atoms with Gasteiger partial charge < -0.3 is 10.4 Å². The van der Waals surface area contributed by atoms with Crippen LogP contribution in [0.5, 0.6) is 0 Å². The SMILES string of the molecule is CCc1nc(CNC(CC)CCO)cs1. The Balaban J connectivity index is 2.34. The van der Waals surface area contributed by atoms with Gasteiger partial charge in [-0.05, 0) is 19.3 Å². The summed E-state index contributed by atoms with van der Waals surface area (Å²) in [5, 5.41) is 15.6. The van der Waals surface area contributed by atoms with E-state index in [0.29, 0.717) is 6.04 Å². The summed E-state index contributed by atoms with van der Waals surface area (Å²) in [4.78, 5) is 4.49. The van der Waals surface area contributed by atoms with Crippen LogP contribution in [0.2, 0.25) is 0 Å². The quantitative estimate of drug-likeness (QED) is 0.750. The second kappa shape index (κ2) is 6.93. The van der Waals surface area contributed by atoms with Gasteiger partial charge in [0.05, 0.1) is 10.7 Å². The number of thiazole rings is 1. The van der Waals surface area contributed by atoms with Crippen LogP contribution >= 0.6 is 11.3 Å². The van der Waals surface area contributed by atoms with Crippen molar-refractivity contribution < 1.29 is 5.11 Å². The van der Waals surface area contributed by atoms with E-state index >= 15 is 0 Å². The first-order valence-corrected chi connectivity index (χ1v) is 6.45. The largest absolute Gasteiger partial charge is 0.396 e. The lowest BCUT2D eigenvalue weighted by atomic mass is 10.1. The summed E-state index contributed by atoms with van der Waals surface area (Å²) in [6, 6.07) is 0.404. The van der Waals surface area contributed by atoms with Crippen molar-refractivity contribution in [2.45, 2.75) is 45.7 Å². The first-order valence-electron chi connectivity index (χ1n) is 5.57. The second-order valence-corrected chi connectivity index (χ2v) is 4.53. The third kappa shape index (κ3) is 4.28. The molecule has 1 atom stereocenters. The van der Waals surface area contributed by atoms with E-state index in [1.54, 1.807) is 11.3 Å². The first kappa shape index (κ1) is 12.6. The molecule has 2 N–H and O–H groups in total. The number of aromatic nitrogens is 1. The van der Waals surface area contributed by atoms with Crippen LogP contribution in [0, 0.1) is 0 Å². The molecular weight excluding hydrogens is 208 g/mol. The standard InChI is InChI=1S/C11H20N2OS/c1-3-9(5-6-14)12-7-10-8-15-11(4-2)13-10/h8-9,12,14H,3-7H2,1-2H3. The molecule has 0 saturated carbocycles. The number of nitrogens with one attached hydrogen (secondary N) is 1. The predicted molar refractivity (Wildman–Crippen MR) is 64.1 cm³/mol. The summed E-state index contributed by atoms with van der Waals surface area (Å²) < 4.78 is 0. The van der Waals surface area contributed by atoms with Crippen molar-refractivity contribution in [3.8, 4) is 0 Å². The van der Waals surface area contributed by atoms with Gasteiger partial charge in [0.1, 0.15) is 0 Å². The average molecular weight is 228 g/mol. The fourth-order valence-corrected chi connectivity index (χ4v) is 2.19. The monoisotopic (exact) mass is 228 g/mol. The molecule has 0 fully saturated rings. The molecule has 0 aliphatic heterocycles. The predicted octanol–water partition coefficient (Wildman–Crippen LogP) is 1.96. The van der Waals surface area contributed by atoms with Crippen LogP contribution < -0.4 is 5.32 Å². The molecule has 4 heteroatoms. The molecular formula is C11H20N2OS. The summed E-state index contributed by atoms with van der Waals surface area (Å²) in [6.07, 6.45) is 2.88. The molecule has 0 aliphatic carbocycles. The Morgan fingerprint density at radius 3 is 2.87 bits per heavy atom. The fourth-order valence-electron chi connectivity index (χ4n) is 1.45. The van der Waals surface area contributed by atoms with Gasteiger partial charge in [-0.2, -0.15) is 0 Å². The Morgan fingerprint density at radius 1 is 1.53 bits per heavy atom. The number of aliphatic hydroxyl groups excluding tert-OH is 1. The number of hydrogen-bond acceptors (Lipinski definition) is 4. The maximum atomic E-state index is 8.85. The molecule has 1 rings (SSSR count). The zero-order valence-electron chi connectivity index (χ0n) is 9.49. The van der Waals surface area contributed by atoms with E-state index in [2.05, 4.69) is 29.5 Å². The summed E-state index contributed by atoms with van der Waals surface area (Å²) >= 11 is 1.72. The van der Waals surface area contributed by atoms with Gasteiger partial charge in [0.15, 0.2) is 0 Å². The van der Waals surface area contributed by atoms with E-state index in [4.69, 9.17) is 5.11 Å². The number of nitrogens with zero attached hydrogens (tertiary/aromatic N) is 1. The summed E-state index contributed by atoms with van der Waals surface area (Å²) in [5.74, 6) is 0. The Labute approximate surface area is 95.6 Å². The number of rotatable bonds is 7. The fraction of sp³-hybridized carbons (Fsp3) is 0.727. The van der Waals surface area contributed by atoms with Gasteiger partial charge in [-0.3, -0.25) is 0 Å². The van der Waals surface area contributed by atoms with Crippen molar-refractivity contribution in [3.63, 3.8) is 0 Å². The van der Waals surface area contributed by atoms with E-state index in [9.17, 15) is 0 Å². The number of aryl methyl sites for hydroxylation is 1. The number of aliphatic hydroxyl groups is 1. The lowest BCUT2D eigenvalue weighted by molar-refractivity contribution is 0.262. The van der Waals surface area contributed by atoms with Gasteiger partial charge in [0, 0.05) is 24.6 Å². The van der Waals surface area contributed by atoms with E-state index in [-0.39, 0.29) is 6.61 Å². The van der Waals surface area contributed by atoms with Crippen molar-refractivity contribution in [2.75, 3.05) is 6.61 Å². The maximum Gasteiger partial charge on any atom is 0.0926 e. The molecule has 0 aliphatic rings. The highest BCUT2D eigenvalue weighted by molar-refractivity contribution is 7.09. The average Bonchev–Trinajstić information content (AvgIpc) is 2.72. The van der Waals surface area contributed by atoms with Crippen molar-refractivity contribution in [3.05, 3.63) is 16.1 Å². The van der Waals surface area contributed by atoms with Crippen LogP contribution in [0.4, 0.5) is 0 Å². The van der Waals surface area contributed by atoms with Gasteiger partial charge in [-0.25, -0.2) is 4.98 Å². The van der Waals surface area contributed by atoms with E-state index in [1.165, 1.54) is 5.01 Å². The summed E-state index contributed by atoms with van der Waals surface area (Å²) in [6.45, 7) is 5.32. The number of hydrogen-bond donors (Lipinski definition) is 2. The molecule has 0 aromatic carbocycles. The van der Waals surface area contributed by atoms with E-state index in [0.717, 1.165) is 31.5 Å². The Bertz CT molecular complexity index is 275. The summed E-state index contributed by atoms with van der Waals surface area (Å²) in [7, 11) is 0. The minimum atomic E-state index is 0.253. The molecule has 0 saturated heterocycles. The molecule has 0 bridgehead atoms. The second-order valence-electron chi connectivity index (χ2n) is 3.58. The highest BCUT2D eigenvalue weighted by Gasteiger charge is 2.06. The lowest BCUT2D eigenvalue weighted by Crippen LogP contribution is -2.28. The van der Waals surface area contributed by atoms with Gasteiger partial charge in [-0.1, -0.05) is 13.8 Å². The minimum Gasteiger partial charge on any atom is -0.396 e. The molecule has 0 radical (unpaired) electrons. The van der Waals surface area contributed by atoms with Crippen molar-refractivity contribution in [2.24, 2.45) is 0 Å². The zero-order chi connectivity index (χ0) is 11.1. The molecule has 1 aromatic heterocycles. The topological polar surface area (TPSA) is 45.2 Å². The molecule has 3 nitrogen and oxygen atoms in total. The Hall–Kier alpha value is -0.450. The smallest absolute Gasteiger partial charge is 0.0926 e. The van der Waals surface area contributed by atoms with Gasteiger partial charge in [0.25, 0.3) is 0 Å². The maximum absolute atomic E-state index is 8.85. The first-order chi connectivity index (χ1) is 7.30. The normalized spacial score (nSPS) is 13.0. The third-order valence-corrected chi connectivity index (χ3v) is 3.49. The van der Waals surface area contributed by atoms with Crippen LogP contribution in [0.1, 0.15) is 37.4 Å². The molecule has 86 valence electrons. The van der Waals surface area contributed by atoms with Crippen LogP contribution in [0.3, 0.4) is 0 Å². The van der Waals surface area contributed by atoms with Crippen LogP contribution in [-0.4, -0.2) is 22.7 Å². The lowest BCUT2D eigenvalue weighted by Gasteiger charge is -2.14. The zero-order valence-corrected chi connectivity index (χ0v) is 10.3. The Kier molecular flexibility index (Phi) is 5.83. The van der Waals surface area contributed by atoms with E-state index in [1.807, 2.05) is 0 Å². The molecule has 1 heterocycles. The highest BCUT2D eigenvalue weighted by atomic mass is 32.1. The van der Waals surface area contributed by atoms with Crippen LogP contribution in [0.15, 0.2) is 5.38 Å². The minimum absolute atomic E-state index is 0.253. The van der Waals surface area contributed by atoms with Crippen LogP contribution in [0.25, 0.3) is 0 Å². The third-order valence-electron chi connectivity index (χ3n) is 2.44. The van der Waals surface area contributed by atoms with Crippen molar-refractivity contribution >= 4 is 11.3 Å². The molecule has 1 unspecified atom stereocenters. The molecule has 1 aromatic rings. The van der Waals surface area contributed by atoms with E-state index < -0.39 is 0 Å². The molecule has 0 spiro atoms. The van der Waals surface area contributed by atoms with Crippen LogP contribution in [-0.2, 0) is 13.0 Å². The Morgan fingerprint density at radius 2 is 2.33 bits per heavy atom. The molecule has 15 heavy (non-hydrogen) atoms.